The average molecular weight is 379 g/mol. The highest BCUT2D eigenvalue weighted by atomic mass is 35.5. The van der Waals surface area contributed by atoms with Crippen molar-refractivity contribution in [1.82, 2.24) is 15.5 Å². The van der Waals surface area contributed by atoms with Crippen LogP contribution in [-0.2, 0) is 21.5 Å². The van der Waals surface area contributed by atoms with Crippen molar-refractivity contribution >= 4 is 30.3 Å². The van der Waals surface area contributed by atoms with Crippen molar-refractivity contribution in [2.75, 3.05) is 13.1 Å². The van der Waals surface area contributed by atoms with E-state index in [1.807, 2.05) is 24.3 Å². The number of nitrogens with zero attached hydrogens (tertiary/aromatic N) is 1. The first kappa shape index (κ1) is 18.7. The zero-order chi connectivity index (χ0) is 17.6. The van der Waals surface area contributed by atoms with E-state index in [4.69, 9.17) is 5.73 Å². The average Bonchev–Trinajstić information content (AvgIpc) is 3.36. The number of urea groups is 1. The lowest BCUT2D eigenvalue weighted by Gasteiger charge is -2.22. The van der Waals surface area contributed by atoms with E-state index in [0.717, 1.165) is 35.3 Å². The molecule has 2 aliphatic carbocycles. The van der Waals surface area contributed by atoms with Gasteiger partial charge in [0.25, 0.3) is 5.91 Å². The minimum absolute atomic E-state index is 0. The SMILES string of the molecule is Cl.NC(CNC(=O)CN1C(=O)NC2(CCc3ccccc32)C1=O)C1CC1. The number of imide groups is 1. The second kappa shape index (κ2) is 6.89. The molecule has 0 aromatic heterocycles. The van der Waals surface area contributed by atoms with Gasteiger partial charge >= 0.3 is 6.03 Å². The Labute approximate surface area is 158 Å². The normalized spacial score (nSPS) is 24.9. The van der Waals surface area contributed by atoms with Gasteiger partial charge in [0.15, 0.2) is 0 Å². The van der Waals surface area contributed by atoms with Crippen LogP contribution in [0.5, 0.6) is 0 Å². The number of nitrogens with two attached hydrogens (primary N) is 1. The molecule has 7 nitrogen and oxygen atoms in total. The number of amides is 4. The molecule has 1 saturated heterocycles. The highest BCUT2D eigenvalue weighted by Crippen LogP contribution is 2.41. The van der Waals surface area contributed by atoms with Crippen molar-refractivity contribution < 1.29 is 14.4 Å². The summed E-state index contributed by atoms with van der Waals surface area (Å²) >= 11 is 0. The molecule has 4 rings (SSSR count). The van der Waals surface area contributed by atoms with E-state index in [1.165, 1.54) is 0 Å². The van der Waals surface area contributed by atoms with Crippen molar-refractivity contribution in [3.8, 4) is 0 Å². The third-order valence-corrected chi connectivity index (χ3v) is 5.49. The monoisotopic (exact) mass is 378 g/mol. The summed E-state index contributed by atoms with van der Waals surface area (Å²) in [4.78, 5) is 38.4. The van der Waals surface area contributed by atoms with Crippen LogP contribution in [0.2, 0.25) is 0 Å². The van der Waals surface area contributed by atoms with E-state index in [0.29, 0.717) is 18.9 Å². The molecule has 4 amide bonds. The molecule has 1 aromatic rings. The number of halogens is 1. The van der Waals surface area contributed by atoms with Gasteiger partial charge < -0.3 is 16.4 Å². The maximum Gasteiger partial charge on any atom is 0.325 e. The molecule has 4 N–H and O–H groups in total. The summed E-state index contributed by atoms with van der Waals surface area (Å²) in [6.45, 7) is 0.104. The lowest BCUT2D eigenvalue weighted by molar-refractivity contribution is -0.135. The van der Waals surface area contributed by atoms with Gasteiger partial charge in [-0.05, 0) is 42.7 Å². The summed E-state index contributed by atoms with van der Waals surface area (Å²) in [5, 5.41) is 5.55. The molecule has 8 heteroatoms. The first-order valence-corrected chi connectivity index (χ1v) is 8.76. The van der Waals surface area contributed by atoms with Crippen LogP contribution < -0.4 is 16.4 Å². The second-order valence-electron chi connectivity index (χ2n) is 7.19. The molecular weight excluding hydrogens is 356 g/mol. The summed E-state index contributed by atoms with van der Waals surface area (Å²) < 4.78 is 0. The number of carbonyl (C=O) groups is 3. The maximum absolute atomic E-state index is 12.9. The van der Waals surface area contributed by atoms with Crippen LogP contribution >= 0.6 is 12.4 Å². The van der Waals surface area contributed by atoms with Gasteiger partial charge in [0.1, 0.15) is 12.1 Å². The van der Waals surface area contributed by atoms with Crippen LogP contribution in [0.25, 0.3) is 0 Å². The summed E-state index contributed by atoms with van der Waals surface area (Å²) in [7, 11) is 0. The van der Waals surface area contributed by atoms with E-state index >= 15 is 0 Å². The molecule has 26 heavy (non-hydrogen) atoms. The number of fused-ring (bicyclic) bond motifs is 2. The fourth-order valence-electron chi connectivity index (χ4n) is 3.86. The summed E-state index contributed by atoms with van der Waals surface area (Å²) in [5.74, 6) is -0.220. The van der Waals surface area contributed by atoms with Gasteiger partial charge in [-0.25, -0.2) is 4.79 Å². The second-order valence-corrected chi connectivity index (χ2v) is 7.19. The number of aryl methyl sites for hydroxylation is 1. The molecule has 1 heterocycles. The Morgan fingerprint density at radius 3 is 2.81 bits per heavy atom. The number of rotatable bonds is 5. The van der Waals surface area contributed by atoms with E-state index in [2.05, 4.69) is 10.6 Å². The van der Waals surface area contributed by atoms with E-state index in [-0.39, 0.29) is 36.8 Å². The predicted octanol–water partition coefficient (Wildman–Crippen LogP) is 0.655. The number of benzene rings is 1. The Morgan fingerprint density at radius 1 is 1.35 bits per heavy atom. The van der Waals surface area contributed by atoms with Crippen molar-refractivity contribution in [2.45, 2.75) is 37.3 Å². The minimum atomic E-state index is -1.02. The van der Waals surface area contributed by atoms with Gasteiger partial charge in [0.2, 0.25) is 5.91 Å². The summed E-state index contributed by atoms with van der Waals surface area (Å²) in [6.07, 6.45) is 3.47. The van der Waals surface area contributed by atoms with Crippen LogP contribution in [0, 0.1) is 5.92 Å². The standard InChI is InChI=1S/C18H22N4O3.ClH/c19-14(12-5-6-12)9-20-15(23)10-22-16(24)18(21-17(22)25)8-7-11-3-1-2-4-13(11)18;/h1-4,12,14H,5-10,19H2,(H,20,23)(H,21,25);1H. The smallest absolute Gasteiger partial charge is 0.325 e. The molecule has 0 radical (unpaired) electrons. The molecule has 1 spiro atoms. The van der Waals surface area contributed by atoms with Crippen molar-refractivity contribution in [3.05, 3.63) is 35.4 Å². The van der Waals surface area contributed by atoms with Crippen molar-refractivity contribution in [1.29, 1.82) is 0 Å². The van der Waals surface area contributed by atoms with Gasteiger partial charge in [-0.1, -0.05) is 24.3 Å². The largest absolute Gasteiger partial charge is 0.353 e. The maximum atomic E-state index is 12.9. The van der Waals surface area contributed by atoms with Gasteiger partial charge in [-0.2, -0.15) is 0 Å². The zero-order valence-electron chi connectivity index (χ0n) is 14.4. The van der Waals surface area contributed by atoms with Crippen LogP contribution in [-0.4, -0.2) is 41.9 Å². The number of hydrogen-bond acceptors (Lipinski definition) is 4. The lowest BCUT2D eigenvalue weighted by Crippen LogP contribution is -2.46. The third kappa shape index (κ3) is 3.05. The topological polar surface area (TPSA) is 105 Å². The van der Waals surface area contributed by atoms with Crippen molar-refractivity contribution in [3.63, 3.8) is 0 Å². The zero-order valence-corrected chi connectivity index (χ0v) is 15.2. The third-order valence-electron chi connectivity index (χ3n) is 5.49. The molecule has 1 saturated carbocycles. The van der Waals surface area contributed by atoms with E-state index in [1.54, 1.807) is 0 Å². The molecule has 2 atom stereocenters. The summed E-state index contributed by atoms with van der Waals surface area (Å²) in [5.41, 5.74) is 6.85. The van der Waals surface area contributed by atoms with Crippen molar-refractivity contribution in [2.24, 2.45) is 11.7 Å². The number of carbonyl (C=O) groups excluding carboxylic acids is 3. The first-order valence-electron chi connectivity index (χ1n) is 8.76. The quantitative estimate of drug-likeness (QED) is 0.654. The van der Waals surface area contributed by atoms with Gasteiger partial charge in [-0.15, -0.1) is 12.4 Å². The molecule has 1 aromatic carbocycles. The summed E-state index contributed by atoms with van der Waals surface area (Å²) in [6, 6.07) is 7.06. The number of hydrogen-bond donors (Lipinski definition) is 3. The van der Waals surface area contributed by atoms with Crippen LogP contribution in [0.15, 0.2) is 24.3 Å². The highest BCUT2D eigenvalue weighted by Gasteiger charge is 2.55. The number of nitrogens with one attached hydrogen (secondary N) is 2. The fraction of sp³-hybridized carbons (Fsp3) is 0.500. The van der Waals surface area contributed by atoms with E-state index < -0.39 is 11.6 Å². The Kier molecular flexibility index (Phi) is 4.94. The highest BCUT2D eigenvalue weighted by molar-refractivity contribution is 6.09. The van der Waals surface area contributed by atoms with Gasteiger partial charge in [0.05, 0.1) is 0 Å². The molecule has 2 unspecified atom stereocenters. The van der Waals surface area contributed by atoms with Gasteiger partial charge in [0, 0.05) is 12.6 Å². The minimum Gasteiger partial charge on any atom is -0.353 e. The molecular formula is C18H23ClN4O3. The first-order chi connectivity index (χ1) is 12.0. The fourth-order valence-corrected chi connectivity index (χ4v) is 3.86. The van der Waals surface area contributed by atoms with Crippen LogP contribution in [0.3, 0.4) is 0 Å². The Hall–Kier alpha value is -2.12. The Bertz CT molecular complexity index is 752. The molecule has 1 aliphatic heterocycles. The van der Waals surface area contributed by atoms with E-state index in [9.17, 15) is 14.4 Å². The molecule has 2 fully saturated rings. The van der Waals surface area contributed by atoms with Crippen LogP contribution in [0.1, 0.15) is 30.4 Å². The lowest BCUT2D eigenvalue weighted by atomic mass is 9.92. The predicted molar refractivity (Wildman–Crippen MR) is 97.6 cm³/mol. The van der Waals surface area contributed by atoms with Gasteiger partial charge in [-0.3, -0.25) is 14.5 Å². The molecule has 3 aliphatic rings. The Balaban J connectivity index is 0.00000196. The molecule has 140 valence electrons. The molecule has 0 bridgehead atoms. The Morgan fingerprint density at radius 2 is 2.08 bits per heavy atom. The van der Waals surface area contributed by atoms with Crippen LogP contribution in [0.4, 0.5) is 4.79 Å².